The van der Waals surface area contributed by atoms with Crippen LogP contribution in [0.1, 0.15) is 35.2 Å². The number of carbonyl (C=O) groups excluding carboxylic acids is 2. The number of carbonyl (C=O) groups is 2. The molecule has 2 saturated heterocycles. The molecule has 2 amide bonds. The summed E-state index contributed by atoms with van der Waals surface area (Å²) in [6.07, 6.45) is 6.87. The van der Waals surface area contributed by atoms with Crippen molar-refractivity contribution in [2.75, 3.05) is 26.2 Å². The standard InChI is InChI=1S/C21H25N3O2/c1-16-6-7-19(22-9-2-3-10-22)18(14-16)21(26)24-13-8-17(15-24)20(25)23-11-4-5-12-23/h2-3,6-7,9-10,14,17H,4-5,8,11-13,15H2,1H3. The van der Waals surface area contributed by atoms with Gasteiger partial charge in [0.2, 0.25) is 5.91 Å². The summed E-state index contributed by atoms with van der Waals surface area (Å²) in [6, 6.07) is 9.87. The summed E-state index contributed by atoms with van der Waals surface area (Å²) < 4.78 is 1.97. The van der Waals surface area contributed by atoms with Crippen LogP contribution >= 0.6 is 0 Å². The molecule has 0 bridgehead atoms. The normalized spacial score (nSPS) is 20.0. The Kier molecular flexibility index (Phi) is 4.53. The summed E-state index contributed by atoms with van der Waals surface area (Å²) in [5.41, 5.74) is 2.66. The Morgan fingerprint density at radius 3 is 2.46 bits per heavy atom. The van der Waals surface area contributed by atoms with Gasteiger partial charge in [-0.3, -0.25) is 9.59 Å². The zero-order chi connectivity index (χ0) is 18.1. The van der Waals surface area contributed by atoms with Gasteiger partial charge in [0.15, 0.2) is 0 Å². The summed E-state index contributed by atoms with van der Waals surface area (Å²) in [4.78, 5) is 29.7. The largest absolute Gasteiger partial charge is 0.342 e. The molecule has 4 rings (SSSR count). The number of amides is 2. The number of aromatic nitrogens is 1. The van der Waals surface area contributed by atoms with E-state index in [-0.39, 0.29) is 17.7 Å². The van der Waals surface area contributed by atoms with Gasteiger partial charge in [-0.25, -0.2) is 0 Å². The maximum atomic E-state index is 13.2. The molecule has 2 fully saturated rings. The van der Waals surface area contributed by atoms with E-state index in [0.717, 1.165) is 43.6 Å². The third kappa shape index (κ3) is 3.14. The highest BCUT2D eigenvalue weighted by molar-refractivity contribution is 5.98. The second-order valence-corrected chi connectivity index (χ2v) is 7.38. The Morgan fingerprint density at radius 1 is 1.00 bits per heavy atom. The minimum atomic E-state index is -0.0445. The van der Waals surface area contributed by atoms with Crippen LogP contribution in [0, 0.1) is 12.8 Å². The Morgan fingerprint density at radius 2 is 1.73 bits per heavy atom. The molecule has 136 valence electrons. The molecule has 26 heavy (non-hydrogen) atoms. The van der Waals surface area contributed by atoms with Crippen LogP contribution in [-0.4, -0.2) is 52.4 Å². The number of hydrogen-bond acceptors (Lipinski definition) is 2. The molecule has 0 saturated carbocycles. The summed E-state index contributed by atoms with van der Waals surface area (Å²) >= 11 is 0. The highest BCUT2D eigenvalue weighted by atomic mass is 16.2. The fourth-order valence-corrected chi connectivity index (χ4v) is 4.05. The van der Waals surface area contributed by atoms with E-state index < -0.39 is 0 Å². The minimum Gasteiger partial charge on any atom is -0.342 e. The number of rotatable bonds is 3. The van der Waals surface area contributed by atoms with Crippen molar-refractivity contribution in [1.82, 2.24) is 14.4 Å². The number of hydrogen-bond donors (Lipinski definition) is 0. The molecule has 5 heteroatoms. The summed E-state index contributed by atoms with van der Waals surface area (Å²) in [7, 11) is 0. The quantitative estimate of drug-likeness (QED) is 0.854. The molecule has 0 aliphatic carbocycles. The average molecular weight is 351 g/mol. The molecule has 1 aromatic heterocycles. The lowest BCUT2D eigenvalue weighted by molar-refractivity contribution is -0.133. The Balaban J connectivity index is 1.53. The van der Waals surface area contributed by atoms with Crippen molar-refractivity contribution in [3.05, 3.63) is 53.9 Å². The first-order valence-electron chi connectivity index (χ1n) is 9.45. The number of nitrogens with zero attached hydrogens (tertiary/aromatic N) is 3. The van der Waals surface area contributed by atoms with Gasteiger partial charge in [0.05, 0.1) is 17.2 Å². The second kappa shape index (κ2) is 6.98. The first kappa shape index (κ1) is 16.9. The molecule has 1 atom stereocenters. The molecular weight excluding hydrogens is 326 g/mol. The molecule has 5 nitrogen and oxygen atoms in total. The summed E-state index contributed by atoms with van der Waals surface area (Å²) in [6.45, 7) is 4.94. The van der Waals surface area contributed by atoms with Crippen LogP contribution in [0.25, 0.3) is 5.69 Å². The van der Waals surface area contributed by atoms with Gasteiger partial charge in [0.1, 0.15) is 0 Å². The second-order valence-electron chi connectivity index (χ2n) is 7.38. The van der Waals surface area contributed by atoms with Crippen molar-refractivity contribution in [3.63, 3.8) is 0 Å². The highest BCUT2D eigenvalue weighted by Gasteiger charge is 2.35. The molecule has 0 spiro atoms. The lowest BCUT2D eigenvalue weighted by atomic mass is 10.1. The fourth-order valence-electron chi connectivity index (χ4n) is 4.05. The Labute approximate surface area is 154 Å². The molecule has 2 aliphatic heterocycles. The van der Waals surface area contributed by atoms with Gasteiger partial charge in [-0.1, -0.05) is 11.6 Å². The van der Waals surface area contributed by atoms with Crippen LogP contribution in [0.4, 0.5) is 0 Å². The van der Waals surface area contributed by atoms with Gasteiger partial charge >= 0.3 is 0 Å². The molecular formula is C21H25N3O2. The zero-order valence-corrected chi connectivity index (χ0v) is 15.2. The number of aryl methyl sites for hydroxylation is 1. The Bertz CT molecular complexity index is 807. The summed E-state index contributed by atoms with van der Waals surface area (Å²) in [5, 5.41) is 0. The highest BCUT2D eigenvalue weighted by Crippen LogP contribution is 2.25. The van der Waals surface area contributed by atoms with Gasteiger partial charge in [-0.2, -0.15) is 0 Å². The van der Waals surface area contributed by atoms with Crippen LogP contribution in [0.15, 0.2) is 42.7 Å². The maximum Gasteiger partial charge on any atom is 0.256 e. The fraction of sp³-hybridized carbons (Fsp3) is 0.429. The van der Waals surface area contributed by atoms with Gasteiger partial charge in [0, 0.05) is 38.6 Å². The first-order valence-corrected chi connectivity index (χ1v) is 9.45. The van der Waals surface area contributed by atoms with E-state index in [2.05, 4.69) is 0 Å². The van der Waals surface area contributed by atoms with Gasteiger partial charge in [0.25, 0.3) is 5.91 Å². The van der Waals surface area contributed by atoms with E-state index in [9.17, 15) is 9.59 Å². The van der Waals surface area contributed by atoms with Crippen molar-refractivity contribution in [2.24, 2.45) is 5.92 Å². The molecule has 1 unspecified atom stereocenters. The monoisotopic (exact) mass is 351 g/mol. The lowest BCUT2D eigenvalue weighted by Crippen LogP contribution is -2.36. The predicted molar refractivity (Wildman–Crippen MR) is 100 cm³/mol. The van der Waals surface area contributed by atoms with Crippen molar-refractivity contribution in [1.29, 1.82) is 0 Å². The minimum absolute atomic E-state index is 0.0223. The zero-order valence-electron chi connectivity index (χ0n) is 15.2. The van der Waals surface area contributed by atoms with E-state index >= 15 is 0 Å². The SMILES string of the molecule is Cc1ccc(-n2cccc2)c(C(=O)N2CCC(C(=O)N3CCCC3)C2)c1. The van der Waals surface area contributed by atoms with Crippen LogP contribution < -0.4 is 0 Å². The van der Waals surface area contributed by atoms with Gasteiger partial charge in [-0.15, -0.1) is 0 Å². The average Bonchev–Trinajstić information content (AvgIpc) is 3.42. The molecule has 2 aliphatic rings. The number of benzene rings is 1. The van der Waals surface area contributed by atoms with Crippen molar-refractivity contribution >= 4 is 11.8 Å². The van der Waals surface area contributed by atoms with E-state index in [0.29, 0.717) is 18.7 Å². The van der Waals surface area contributed by atoms with Crippen molar-refractivity contribution < 1.29 is 9.59 Å². The summed E-state index contributed by atoms with van der Waals surface area (Å²) in [5.74, 6) is 0.207. The predicted octanol–water partition coefficient (Wildman–Crippen LogP) is 2.87. The van der Waals surface area contributed by atoms with E-state index in [1.54, 1.807) is 0 Å². The molecule has 3 heterocycles. The van der Waals surface area contributed by atoms with Gasteiger partial charge < -0.3 is 14.4 Å². The molecule has 2 aromatic rings. The number of likely N-dealkylation sites (tertiary alicyclic amines) is 2. The topological polar surface area (TPSA) is 45.6 Å². The van der Waals surface area contributed by atoms with Crippen molar-refractivity contribution in [2.45, 2.75) is 26.2 Å². The van der Waals surface area contributed by atoms with E-state index in [1.165, 1.54) is 0 Å². The van der Waals surface area contributed by atoms with E-state index in [1.807, 2.05) is 64.0 Å². The van der Waals surface area contributed by atoms with Crippen LogP contribution in [0.5, 0.6) is 0 Å². The van der Waals surface area contributed by atoms with E-state index in [4.69, 9.17) is 0 Å². The molecule has 1 aromatic carbocycles. The molecule has 0 radical (unpaired) electrons. The van der Waals surface area contributed by atoms with Crippen LogP contribution in [0.3, 0.4) is 0 Å². The lowest BCUT2D eigenvalue weighted by Gasteiger charge is -2.21. The Hall–Kier alpha value is -2.56. The third-order valence-corrected chi connectivity index (χ3v) is 5.51. The van der Waals surface area contributed by atoms with Crippen LogP contribution in [0.2, 0.25) is 0 Å². The third-order valence-electron chi connectivity index (χ3n) is 5.51. The van der Waals surface area contributed by atoms with Crippen LogP contribution in [-0.2, 0) is 4.79 Å². The first-order chi connectivity index (χ1) is 12.6. The smallest absolute Gasteiger partial charge is 0.256 e. The molecule has 0 N–H and O–H groups in total. The van der Waals surface area contributed by atoms with Gasteiger partial charge in [-0.05, 0) is 50.5 Å². The van der Waals surface area contributed by atoms with Crippen molar-refractivity contribution in [3.8, 4) is 5.69 Å². The maximum absolute atomic E-state index is 13.2.